The maximum absolute atomic E-state index is 11.3. The molecule has 2 N–H and O–H groups in total. The second-order valence-electron chi connectivity index (χ2n) is 5.88. The van der Waals surface area contributed by atoms with Crippen LogP contribution in [-0.2, 0) is 21.5 Å². The van der Waals surface area contributed by atoms with Gasteiger partial charge in [-0.1, -0.05) is 0 Å². The number of ether oxygens (including phenoxy) is 1. The van der Waals surface area contributed by atoms with Gasteiger partial charge in [-0.2, -0.15) is 12.7 Å². The molecule has 1 atom stereocenters. The highest BCUT2D eigenvalue weighted by Gasteiger charge is 2.25. The largest absolute Gasteiger partial charge is 0.462 e. The number of piperazine rings is 1. The predicted octanol–water partition coefficient (Wildman–Crippen LogP) is 0.842. The van der Waals surface area contributed by atoms with Crippen LogP contribution in [0.4, 0.5) is 0 Å². The number of hydrogen-bond acceptors (Lipinski definition) is 5. The molecule has 8 heteroatoms. The Hall–Kier alpha value is -0.930. The van der Waals surface area contributed by atoms with Crippen LogP contribution in [0.1, 0.15) is 36.9 Å². The molecule has 7 nitrogen and oxygen atoms in total. The lowest BCUT2D eigenvalue weighted by Crippen LogP contribution is -2.50. The SMILES string of the molecule is NS(=O)(=O)N1CCN(Cc2ccc([C@H]3CCCCO3)o2)CC1. The number of nitrogens with zero attached hydrogens (tertiary/aromatic N) is 2. The molecular weight excluding hydrogens is 306 g/mol. The van der Waals surface area contributed by atoms with E-state index in [0.717, 1.165) is 31.0 Å². The summed E-state index contributed by atoms with van der Waals surface area (Å²) in [4.78, 5) is 2.17. The van der Waals surface area contributed by atoms with Crippen molar-refractivity contribution in [2.45, 2.75) is 31.9 Å². The summed E-state index contributed by atoms with van der Waals surface area (Å²) in [7, 11) is -3.57. The van der Waals surface area contributed by atoms with E-state index in [1.54, 1.807) is 0 Å². The average molecular weight is 329 g/mol. The second kappa shape index (κ2) is 6.67. The molecule has 2 fully saturated rings. The molecule has 0 unspecified atom stereocenters. The standard InChI is InChI=1S/C14H23N3O4S/c15-22(18,19)17-8-6-16(7-9-17)11-12-4-5-14(21-12)13-3-1-2-10-20-13/h4-5,13H,1-3,6-11H2,(H2,15,18,19)/t13-/m1/s1. The Bertz CT molecular complexity index is 587. The molecule has 1 aromatic rings. The molecule has 0 aliphatic carbocycles. The van der Waals surface area contributed by atoms with Crippen molar-refractivity contribution in [2.75, 3.05) is 32.8 Å². The van der Waals surface area contributed by atoms with Gasteiger partial charge in [0.15, 0.2) is 0 Å². The van der Waals surface area contributed by atoms with E-state index in [9.17, 15) is 8.42 Å². The van der Waals surface area contributed by atoms with Crippen LogP contribution < -0.4 is 5.14 Å². The lowest BCUT2D eigenvalue weighted by molar-refractivity contribution is 0.000743. The van der Waals surface area contributed by atoms with Crippen LogP contribution in [0.5, 0.6) is 0 Å². The average Bonchev–Trinajstić information content (AvgIpc) is 2.96. The van der Waals surface area contributed by atoms with Gasteiger partial charge in [-0.15, -0.1) is 0 Å². The van der Waals surface area contributed by atoms with Crippen molar-refractivity contribution in [1.29, 1.82) is 0 Å². The molecule has 0 bridgehead atoms. The first-order chi connectivity index (χ1) is 10.5. The maximum atomic E-state index is 11.3. The van der Waals surface area contributed by atoms with Crippen molar-refractivity contribution < 1.29 is 17.6 Å². The highest BCUT2D eigenvalue weighted by atomic mass is 32.2. The minimum absolute atomic E-state index is 0.0849. The van der Waals surface area contributed by atoms with Crippen LogP contribution in [0, 0.1) is 0 Å². The van der Waals surface area contributed by atoms with Crippen molar-refractivity contribution in [3.8, 4) is 0 Å². The van der Waals surface area contributed by atoms with Gasteiger partial charge in [0.2, 0.25) is 0 Å². The quantitative estimate of drug-likeness (QED) is 0.884. The summed E-state index contributed by atoms with van der Waals surface area (Å²) in [5.41, 5.74) is 0. The molecule has 2 saturated heterocycles. The number of nitrogens with two attached hydrogens (primary N) is 1. The first kappa shape index (κ1) is 15.9. The van der Waals surface area contributed by atoms with Crippen molar-refractivity contribution in [3.63, 3.8) is 0 Å². The van der Waals surface area contributed by atoms with E-state index >= 15 is 0 Å². The zero-order valence-electron chi connectivity index (χ0n) is 12.6. The van der Waals surface area contributed by atoms with Crippen LogP contribution in [0.2, 0.25) is 0 Å². The van der Waals surface area contributed by atoms with Crippen molar-refractivity contribution in [2.24, 2.45) is 5.14 Å². The molecule has 2 aliphatic rings. The highest BCUT2D eigenvalue weighted by Crippen LogP contribution is 2.29. The summed E-state index contributed by atoms with van der Waals surface area (Å²) >= 11 is 0. The minimum atomic E-state index is -3.57. The monoisotopic (exact) mass is 329 g/mol. The third-order valence-electron chi connectivity index (χ3n) is 4.25. The number of rotatable bonds is 4. The normalized spacial score (nSPS) is 25.4. The van der Waals surface area contributed by atoms with Gasteiger partial charge < -0.3 is 9.15 Å². The van der Waals surface area contributed by atoms with E-state index in [1.807, 2.05) is 12.1 Å². The van der Waals surface area contributed by atoms with E-state index in [1.165, 1.54) is 10.7 Å². The Morgan fingerprint density at radius 2 is 1.95 bits per heavy atom. The van der Waals surface area contributed by atoms with Gasteiger partial charge in [0.05, 0.1) is 6.54 Å². The zero-order valence-corrected chi connectivity index (χ0v) is 13.4. The summed E-state index contributed by atoms with van der Waals surface area (Å²) in [6.45, 7) is 3.66. The second-order valence-corrected chi connectivity index (χ2v) is 7.43. The van der Waals surface area contributed by atoms with Crippen molar-refractivity contribution >= 4 is 10.2 Å². The van der Waals surface area contributed by atoms with Crippen LogP contribution in [0.15, 0.2) is 16.5 Å². The summed E-state index contributed by atoms with van der Waals surface area (Å²) in [5, 5.41) is 5.14. The molecule has 22 heavy (non-hydrogen) atoms. The molecule has 1 aromatic heterocycles. The zero-order chi connectivity index (χ0) is 15.6. The molecule has 0 amide bonds. The molecule has 3 heterocycles. The molecule has 124 valence electrons. The Morgan fingerprint density at radius 1 is 1.18 bits per heavy atom. The molecule has 2 aliphatic heterocycles. The summed E-state index contributed by atoms with van der Waals surface area (Å²) in [6, 6.07) is 3.98. The number of furan rings is 1. The maximum Gasteiger partial charge on any atom is 0.276 e. The van der Waals surface area contributed by atoms with Gasteiger partial charge in [-0.3, -0.25) is 4.90 Å². The van der Waals surface area contributed by atoms with E-state index in [2.05, 4.69) is 4.90 Å². The third-order valence-corrected chi connectivity index (χ3v) is 5.33. The molecule has 0 radical (unpaired) electrons. The summed E-state index contributed by atoms with van der Waals surface area (Å²) in [5.74, 6) is 1.80. The van der Waals surface area contributed by atoms with E-state index in [-0.39, 0.29) is 6.10 Å². The van der Waals surface area contributed by atoms with E-state index in [0.29, 0.717) is 32.7 Å². The first-order valence-electron chi connectivity index (χ1n) is 7.73. The van der Waals surface area contributed by atoms with Gasteiger partial charge in [0.25, 0.3) is 10.2 Å². The topological polar surface area (TPSA) is 89.0 Å². The van der Waals surface area contributed by atoms with Crippen LogP contribution in [0.3, 0.4) is 0 Å². The highest BCUT2D eigenvalue weighted by molar-refractivity contribution is 7.86. The van der Waals surface area contributed by atoms with Crippen molar-refractivity contribution in [3.05, 3.63) is 23.7 Å². The Morgan fingerprint density at radius 3 is 2.59 bits per heavy atom. The van der Waals surface area contributed by atoms with Gasteiger partial charge in [0, 0.05) is 32.8 Å². The van der Waals surface area contributed by atoms with Crippen LogP contribution in [-0.4, -0.2) is 50.4 Å². The summed E-state index contributed by atoms with van der Waals surface area (Å²) < 4.78 is 35.5. The van der Waals surface area contributed by atoms with Gasteiger partial charge in [0.1, 0.15) is 17.6 Å². The smallest absolute Gasteiger partial charge is 0.276 e. The minimum Gasteiger partial charge on any atom is -0.462 e. The van der Waals surface area contributed by atoms with E-state index < -0.39 is 10.2 Å². The van der Waals surface area contributed by atoms with Crippen LogP contribution >= 0.6 is 0 Å². The van der Waals surface area contributed by atoms with Gasteiger partial charge in [-0.05, 0) is 31.4 Å². The molecule has 0 aromatic carbocycles. The summed E-state index contributed by atoms with van der Waals surface area (Å²) in [6.07, 6.45) is 3.40. The fourth-order valence-electron chi connectivity index (χ4n) is 2.98. The molecular formula is C14H23N3O4S. The van der Waals surface area contributed by atoms with Crippen LogP contribution in [0.25, 0.3) is 0 Å². The fourth-order valence-corrected chi connectivity index (χ4v) is 3.65. The molecule has 0 saturated carbocycles. The van der Waals surface area contributed by atoms with Crippen molar-refractivity contribution in [1.82, 2.24) is 9.21 Å². The lowest BCUT2D eigenvalue weighted by Gasteiger charge is -2.32. The Kier molecular flexibility index (Phi) is 4.84. The van der Waals surface area contributed by atoms with Gasteiger partial charge in [-0.25, -0.2) is 5.14 Å². The molecule has 0 spiro atoms. The van der Waals surface area contributed by atoms with E-state index in [4.69, 9.17) is 14.3 Å². The third kappa shape index (κ3) is 3.88. The lowest BCUT2D eigenvalue weighted by atomic mass is 10.1. The first-order valence-corrected chi connectivity index (χ1v) is 9.23. The Labute approximate surface area is 131 Å². The Balaban J connectivity index is 1.53. The predicted molar refractivity (Wildman–Crippen MR) is 81.2 cm³/mol. The molecule has 3 rings (SSSR count). The number of hydrogen-bond donors (Lipinski definition) is 1. The fraction of sp³-hybridized carbons (Fsp3) is 0.714. The van der Waals surface area contributed by atoms with Gasteiger partial charge >= 0.3 is 0 Å².